The average molecular weight is 290 g/mol. The molecule has 1 aromatic heterocycles. The van der Waals surface area contributed by atoms with Gasteiger partial charge in [0, 0.05) is 13.6 Å². The van der Waals surface area contributed by atoms with Gasteiger partial charge in [0.05, 0.1) is 6.54 Å². The Hall–Kier alpha value is -1.92. The van der Waals surface area contributed by atoms with E-state index in [0.29, 0.717) is 18.9 Å². The van der Waals surface area contributed by atoms with Gasteiger partial charge in [-0.15, -0.1) is 0 Å². The van der Waals surface area contributed by atoms with Crippen molar-refractivity contribution in [2.75, 3.05) is 13.2 Å². The summed E-state index contributed by atoms with van der Waals surface area (Å²) in [6.07, 6.45) is 1.07. The number of benzene rings is 1. The first-order valence-electron chi connectivity index (χ1n) is 6.98. The molecule has 6 nitrogen and oxygen atoms in total. The van der Waals surface area contributed by atoms with E-state index in [4.69, 9.17) is 4.74 Å². The van der Waals surface area contributed by atoms with Crippen LogP contribution in [0.1, 0.15) is 17.0 Å². The fraction of sp³-hybridized carbons (Fsp3) is 0.467. The molecule has 1 atom stereocenters. The number of aryl methyl sites for hydroxylation is 3. The van der Waals surface area contributed by atoms with Gasteiger partial charge in [0.15, 0.2) is 5.82 Å². The first-order chi connectivity index (χ1) is 10.0. The van der Waals surface area contributed by atoms with Crippen molar-refractivity contribution < 1.29 is 9.84 Å². The molecule has 21 heavy (non-hydrogen) atoms. The van der Waals surface area contributed by atoms with E-state index < -0.39 is 6.10 Å². The number of hydrogen-bond donors (Lipinski definition) is 2. The third-order valence-electron chi connectivity index (χ3n) is 3.07. The van der Waals surface area contributed by atoms with Gasteiger partial charge in [-0.3, -0.25) is 4.68 Å². The zero-order valence-corrected chi connectivity index (χ0v) is 12.7. The second kappa shape index (κ2) is 7.19. The summed E-state index contributed by atoms with van der Waals surface area (Å²) in [4.78, 5) is 4.10. The molecule has 1 unspecified atom stereocenters. The summed E-state index contributed by atoms with van der Waals surface area (Å²) >= 11 is 0. The molecule has 1 aromatic carbocycles. The van der Waals surface area contributed by atoms with Crippen molar-refractivity contribution in [3.63, 3.8) is 0 Å². The minimum atomic E-state index is -0.575. The summed E-state index contributed by atoms with van der Waals surface area (Å²) in [5.41, 5.74) is 2.28. The van der Waals surface area contributed by atoms with E-state index >= 15 is 0 Å². The van der Waals surface area contributed by atoms with Gasteiger partial charge in [0.25, 0.3) is 0 Å². The van der Waals surface area contributed by atoms with Crippen LogP contribution in [0.4, 0.5) is 0 Å². The van der Waals surface area contributed by atoms with Crippen molar-refractivity contribution in [2.45, 2.75) is 26.5 Å². The summed E-state index contributed by atoms with van der Waals surface area (Å²) in [5.74, 6) is 1.52. The normalized spacial score (nSPS) is 12.4. The topological polar surface area (TPSA) is 72.2 Å². The van der Waals surface area contributed by atoms with Crippen LogP contribution in [0.15, 0.2) is 24.5 Å². The number of aliphatic hydroxyl groups excluding tert-OH is 1. The van der Waals surface area contributed by atoms with Crippen molar-refractivity contribution in [1.82, 2.24) is 20.1 Å². The molecule has 0 aliphatic heterocycles. The minimum Gasteiger partial charge on any atom is -0.491 e. The molecule has 0 saturated heterocycles. The fourth-order valence-corrected chi connectivity index (χ4v) is 2.02. The van der Waals surface area contributed by atoms with E-state index in [0.717, 1.165) is 11.3 Å². The molecule has 2 rings (SSSR count). The van der Waals surface area contributed by atoms with Gasteiger partial charge >= 0.3 is 0 Å². The summed E-state index contributed by atoms with van der Waals surface area (Å²) in [7, 11) is 1.82. The van der Waals surface area contributed by atoms with Crippen molar-refractivity contribution in [2.24, 2.45) is 7.05 Å². The Morgan fingerprint density at radius 1 is 1.38 bits per heavy atom. The lowest BCUT2D eigenvalue weighted by atomic mass is 10.1. The maximum atomic E-state index is 9.91. The van der Waals surface area contributed by atoms with E-state index in [2.05, 4.69) is 21.5 Å². The Morgan fingerprint density at radius 2 is 2.19 bits per heavy atom. The zero-order chi connectivity index (χ0) is 15.2. The second-order valence-electron chi connectivity index (χ2n) is 5.20. The van der Waals surface area contributed by atoms with E-state index in [1.54, 1.807) is 11.0 Å². The van der Waals surface area contributed by atoms with Crippen LogP contribution in [0.3, 0.4) is 0 Å². The highest BCUT2D eigenvalue weighted by atomic mass is 16.5. The molecular weight excluding hydrogens is 268 g/mol. The number of aliphatic hydroxyl groups is 1. The van der Waals surface area contributed by atoms with Crippen LogP contribution in [0.5, 0.6) is 5.75 Å². The molecule has 0 bridgehead atoms. The van der Waals surface area contributed by atoms with Crippen LogP contribution < -0.4 is 10.1 Å². The van der Waals surface area contributed by atoms with Crippen molar-refractivity contribution in [3.05, 3.63) is 41.5 Å². The zero-order valence-electron chi connectivity index (χ0n) is 12.7. The third-order valence-corrected chi connectivity index (χ3v) is 3.07. The molecule has 2 N–H and O–H groups in total. The largest absolute Gasteiger partial charge is 0.491 e. The minimum absolute atomic E-state index is 0.256. The van der Waals surface area contributed by atoms with Gasteiger partial charge < -0.3 is 15.2 Å². The van der Waals surface area contributed by atoms with E-state index in [1.807, 2.05) is 33.0 Å². The lowest BCUT2D eigenvalue weighted by Crippen LogP contribution is -2.31. The molecule has 2 aromatic rings. The summed E-state index contributed by atoms with van der Waals surface area (Å²) in [5, 5.41) is 17.2. The monoisotopic (exact) mass is 290 g/mol. The van der Waals surface area contributed by atoms with Crippen LogP contribution in [0.2, 0.25) is 0 Å². The Morgan fingerprint density at radius 3 is 2.86 bits per heavy atom. The maximum Gasteiger partial charge on any atom is 0.164 e. The molecule has 0 aliphatic rings. The van der Waals surface area contributed by atoms with Crippen LogP contribution in [-0.2, 0) is 13.6 Å². The lowest BCUT2D eigenvalue weighted by Gasteiger charge is -2.14. The molecule has 0 spiro atoms. The number of hydrogen-bond acceptors (Lipinski definition) is 5. The van der Waals surface area contributed by atoms with Crippen molar-refractivity contribution >= 4 is 0 Å². The summed E-state index contributed by atoms with van der Waals surface area (Å²) in [6.45, 7) is 5.26. The Labute approximate surface area is 124 Å². The number of nitrogens with zero attached hydrogens (tertiary/aromatic N) is 3. The SMILES string of the molecule is Cc1ccc(OCC(O)CNCc2ncn(C)n2)c(C)c1. The first-order valence-corrected chi connectivity index (χ1v) is 6.98. The van der Waals surface area contributed by atoms with Gasteiger partial charge in [-0.1, -0.05) is 17.7 Å². The van der Waals surface area contributed by atoms with Gasteiger partial charge in [-0.05, 0) is 25.5 Å². The molecule has 0 amide bonds. The van der Waals surface area contributed by atoms with Gasteiger partial charge in [-0.2, -0.15) is 5.10 Å². The molecule has 0 radical (unpaired) electrons. The summed E-state index contributed by atoms with van der Waals surface area (Å²) in [6, 6.07) is 6.00. The van der Waals surface area contributed by atoms with Crippen LogP contribution in [0, 0.1) is 13.8 Å². The van der Waals surface area contributed by atoms with Gasteiger partial charge in [0.2, 0.25) is 0 Å². The first kappa shape index (κ1) is 15.5. The molecule has 0 aliphatic carbocycles. The number of ether oxygens (including phenoxy) is 1. The molecule has 114 valence electrons. The number of aromatic nitrogens is 3. The smallest absolute Gasteiger partial charge is 0.164 e. The van der Waals surface area contributed by atoms with Crippen molar-refractivity contribution in [1.29, 1.82) is 0 Å². The van der Waals surface area contributed by atoms with Crippen molar-refractivity contribution in [3.8, 4) is 5.75 Å². The average Bonchev–Trinajstić information content (AvgIpc) is 2.83. The fourth-order valence-electron chi connectivity index (χ4n) is 2.02. The highest BCUT2D eigenvalue weighted by Crippen LogP contribution is 2.18. The second-order valence-corrected chi connectivity index (χ2v) is 5.20. The maximum absolute atomic E-state index is 9.91. The highest BCUT2D eigenvalue weighted by molar-refractivity contribution is 5.35. The predicted molar refractivity (Wildman–Crippen MR) is 80.1 cm³/mol. The lowest BCUT2D eigenvalue weighted by molar-refractivity contribution is 0.105. The number of nitrogens with one attached hydrogen (secondary N) is 1. The quantitative estimate of drug-likeness (QED) is 0.795. The van der Waals surface area contributed by atoms with Crippen LogP contribution in [-0.4, -0.2) is 39.1 Å². The molecule has 0 saturated carbocycles. The molecule has 6 heteroatoms. The Kier molecular flexibility index (Phi) is 5.30. The summed E-state index contributed by atoms with van der Waals surface area (Å²) < 4.78 is 7.28. The van der Waals surface area contributed by atoms with Crippen LogP contribution >= 0.6 is 0 Å². The standard InChI is InChI=1S/C15H22N4O2/c1-11-4-5-14(12(2)6-11)21-9-13(20)7-16-8-15-17-10-19(3)18-15/h4-6,10,13,16,20H,7-9H2,1-3H3. The predicted octanol–water partition coefficient (Wildman–Crippen LogP) is 0.961. The van der Waals surface area contributed by atoms with Gasteiger partial charge in [-0.25, -0.2) is 4.98 Å². The molecule has 1 heterocycles. The van der Waals surface area contributed by atoms with E-state index in [9.17, 15) is 5.11 Å². The Bertz CT molecular complexity index is 583. The van der Waals surface area contributed by atoms with Crippen LogP contribution in [0.25, 0.3) is 0 Å². The highest BCUT2D eigenvalue weighted by Gasteiger charge is 2.07. The number of rotatable bonds is 7. The molecular formula is C15H22N4O2. The van der Waals surface area contributed by atoms with Gasteiger partial charge in [0.1, 0.15) is 24.8 Å². The van der Waals surface area contributed by atoms with E-state index in [-0.39, 0.29) is 6.61 Å². The molecule has 0 fully saturated rings. The van der Waals surface area contributed by atoms with E-state index in [1.165, 1.54) is 5.56 Å². The third kappa shape index (κ3) is 4.84. The Balaban J connectivity index is 1.70.